The zero-order valence-electron chi connectivity index (χ0n) is 34.7. The normalized spacial score (nSPS) is 21.1. The molecule has 15 nitrogen and oxygen atoms in total. The van der Waals surface area contributed by atoms with Gasteiger partial charge in [-0.25, -0.2) is 23.7 Å². The maximum atomic E-state index is 15.3. The Labute approximate surface area is 353 Å². The Morgan fingerprint density at radius 1 is 0.934 bits per heavy atom. The molecular weight excluding hydrogens is 778 g/mol. The van der Waals surface area contributed by atoms with E-state index in [1.54, 1.807) is 36.0 Å². The number of allylic oxidation sites excluding steroid dienone is 1. The maximum absolute atomic E-state index is 15.3. The van der Waals surface area contributed by atoms with Crippen LogP contribution < -0.4 is 31.3 Å². The van der Waals surface area contributed by atoms with Crippen LogP contribution in [0.4, 0.5) is 33.1 Å². The van der Waals surface area contributed by atoms with E-state index in [1.165, 1.54) is 16.4 Å². The fourth-order valence-electron chi connectivity index (χ4n) is 9.36. The van der Waals surface area contributed by atoms with Crippen LogP contribution in [0, 0.1) is 18.7 Å². The van der Waals surface area contributed by atoms with Crippen molar-refractivity contribution in [2.75, 3.05) is 66.2 Å². The lowest BCUT2D eigenvalue weighted by Gasteiger charge is -2.40. The third kappa shape index (κ3) is 8.09. The van der Waals surface area contributed by atoms with Crippen LogP contribution in [0.2, 0.25) is 0 Å². The molecule has 3 saturated heterocycles. The molecule has 3 aliphatic heterocycles. The van der Waals surface area contributed by atoms with Crippen LogP contribution in [0.3, 0.4) is 0 Å². The van der Waals surface area contributed by atoms with Gasteiger partial charge in [-0.05, 0) is 105 Å². The molecule has 2 amide bonds. The van der Waals surface area contributed by atoms with Crippen LogP contribution in [0.15, 0.2) is 72.2 Å². The lowest BCUT2D eigenvalue weighted by Crippen LogP contribution is -2.49. The number of aromatic nitrogens is 5. The summed E-state index contributed by atoms with van der Waals surface area (Å²) in [5, 5.41) is 20.1. The summed E-state index contributed by atoms with van der Waals surface area (Å²) in [7, 11) is 0. The highest BCUT2D eigenvalue weighted by molar-refractivity contribution is 6.01. The average Bonchev–Trinajstić information content (AvgIpc) is 3.70. The van der Waals surface area contributed by atoms with Gasteiger partial charge in [0.25, 0.3) is 5.56 Å². The molecule has 2 atom stereocenters. The van der Waals surface area contributed by atoms with Gasteiger partial charge in [0.15, 0.2) is 11.5 Å². The van der Waals surface area contributed by atoms with Gasteiger partial charge in [-0.3, -0.25) is 24.6 Å². The quantitative estimate of drug-likeness (QED) is 0.107. The van der Waals surface area contributed by atoms with Gasteiger partial charge in [0.05, 0.1) is 17.9 Å². The first-order valence-corrected chi connectivity index (χ1v) is 21.3. The van der Waals surface area contributed by atoms with Crippen LogP contribution in [-0.4, -0.2) is 98.0 Å². The number of anilines is 5. The molecule has 4 aliphatic rings. The van der Waals surface area contributed by atoms with Gasteiger partial charge in [0.1, 0.15) is 22.8 Å². The van der Waals surface area contributed by atoms with Crippen molar-refractivity contribution in [2.24, 2.45) is 5.92 Å². The van der Waals surface area contributed by atoms with E-state index >= 15 is 4.39 Å². The number of hydrogen-bond acceptors (Lipinski definition) is 12. The number of imide groups is 1. The molecule has 318 valence electrons. The SMILES string of the molecule is C=CCn1c(=O)c2cnc(Nc3ccc(N4CCN(CC5CCN(c6ccc(NC7CCC(=O)NC7=O)cc6F)CC5)CC4)c(C)c3)nc2n1-c1ccc2c(n1)[C@](C)(O)CC2. The molecule has 0 bridgehead atoms. The number of piperidine rings is 2. The van der Waals surface area contributed by atoms with Crippen LogP contribution in [-0.2, 0) is 28.2 Å². The van der Waals surface area contributed by atoms with E-state index < -0.39 is 11.6 Å². The number of carbonyl (C=O) groups excluding carboxylic acids is 2. The first-order valence-electron chi connectivity index (χ1n) is 21.3. The molecule has 0 saturated carbocycles. The molecule has 5 aromatic rings. The minimum atomic E-state index is -1.04. The molecule has 3 fully saturated rings. The molecule has 6 heterocycles. The number of benzene rings is 2. The van der Waals surface area contributed by atoms with Crippen LogP contribution in [0.25, 0.3) is 16.9 Å². The van der Waals surface area contributed by atoms with Gasteiger partial charge in [-0.2, -0.15) is 4.98 Å². The number of nitrogens with zero attached hydrogens (tertiary/aromatic N) is 8. The summed E-state index contributed by atoms with van der Waals surface area (Å²) in [6, 6.07) is 14.6. The van der Waals surface area contributed by atoms with Crippen LogP contribution in [0.5, 0.6) is 0 Å². The molecule has 1 aliphatic carbocycles. The minimum absolute atomic E-state index is 0.247. The topological polar surface area (TPSA) is 166 Å². The molecule has 4 N–H and O–H groups in total. The van der Waals surface area contributed by atoms with Crippen molar-refractivity contribution in [3.63, 3.8) is 0 Å². The molecule has 0 radical (unpaired) electrons. The van der Waals surface area contributed by atoms with Gasteiger partial charge in [0, 0.05) is 75.5 Å². The average molecular weight is 830 g/mol. The van der Waals surface area contributed by atoms with E-state index in [9.17, 15) is 19.5 Å². The third-order valence-electron chi connectivity index (χ3n) is 12.7. The van der Waals surface area contributed by atoms with Gasteiger partial charge in [-0.15, -0.1) is 6.58 Å². The number of hydrogen-bond donors (Lipinski definition) is 4. The Hall–Kier alpha value is -6.13. The summed E-state index contributed by atoms with van der Waals surface area (Å²) in [6.07, 6.45) is 7.18. The lowest BCUT2D eigenvalue weighted by molar-refractivity contribution is -0.133. The maximum Gasteiger partial charge on any atom is 0.278 e. The lowest BCUT2D eigenvalue weighted by atomic mass is 9.95. The highest BCUT2D eigenvalue weighted by atomic mass is 19.1. The second-order valence-corrected chi connectivity index (χ2v) is 17.0. The van der Waals surface area contributed by atoms with Gasteiger partial charge >= 0.3 is 0 Å². The zero-order chi connectivity index (χ0) is 42.4. The highest BCUT2D eigenvalue weighted by Gasteiger charge is 2.35. The summed E-state index contributed by atoms with van der Waals surface area (Å²) in [4.78, 5) is 58.4. The summed E-state index contributed by atoms with van der Waals surface area (Å²) < 4.78 is 18.5. The number of amides is 2. The largest absolute Gasteiger partial charge is 0.384 e. The predicted molar refractivity (Wildman–Crippen MR) is 233 cm³/mol. The molecule has 3 aromatic heterocycles. The van der Waals surface area contributed by atoms with Crippen LogP contribution in [0.1, 0.15) is 55.8 Å². The second-order valence-electron chi connectivity index (χ2n) is 17.0. The molecule has 9 rings (SSSR count). The summed E-state index contributed by atoms with van der Waals surface area (Å²) >= 11 is 0. The van der Waals surface area contributed by atoms with E-state index in [1.807, 2.05) is 18.2 Å². The number of rotatable bonds is 11. The van der Waals surface area contributed by atoms with Crippen molar-refractivity contribution in [3.05, 3.63) is 100 Å². The number of halogens is 1. The molecule has 1 unspecified atom stereocenters. The van der Waals surface area contributed by atoms with Crippen molar-refractivity contribution in [2.45, 2.75) is 70.6 Å². The monoisotopic (exact) mass is 829 g/mol. The van der Waals surface area contributed by atoms with Crippen molar-refractivity contribution in [1.29, 1.82) is 0 Å². The standard InChI is InChI=1S/C45H52FN11O4/c1-4-17-56-43(60)33-26-47-44(52-41(33)57(56)38-11-5-30-13-16-45(3,61)40(30)50-38)49-31-6-9-36(28(2)24-31)55-22-20-53(21-23-55)27-29-14-18-54(19-15-29)37-10-7-32(25-34(37)46)48-35-8-12-39(58)51-42(35)59/h4-7,9-11,24-26,29,35,48,61H,1,8,12-23,27H2,2-3H3,(H,47,49,52)(H,51,58,59)/t35?,45-/m1/s1. The van der Waals surface area contributed by atoms with E-state index in [2.05, 4.69) is 61.3 Å². The first-order chi connectivity index (χ1) is 29.4. The number of piperazine rings is 1. The predicted octanol–water partition coefficient (Wildman–Crippen LogP) is 4.76. The number of fused-ring (bicyclic) bond motifs is 2. The van der Waals surface area contributed by atoms with E-state index in [-0.39, 0.29) is 36.2 Å². The van der Waals surface area contributed by atoms with Gasteiger partial charge in [-0.1, -0.05) is 12.1 Å². The summed E-state index contributed by atoms with van der Waals surface area (Å²) in [5.41, 5.74) is 4.99. The first kappa shape index (κ1) is 40.3. The Morgan fingerprint density at radius 2 is 1.69 bits per heavy atom. The summed E-state index contributed by atoms with van der Waals surface area (Å²) in [5.74, 6) is 0.412. The Kier molecular flexibility index (Phi) is 10.8. The molecule has 2 aromatic carbocycles. The number of carbonyl (C=O) groups is 2. The van der Waals surface area contributed by atoms with Crippen molar-refractivity contribution in [3.8, 4) is 5.82 Å². The second kappa shape index (κ2) is 16.4. The number of aliphatic hydroxyl groups is 1. The van der Waals surface area contributed by atoms with Gasteiger partial charge < -0.3 is 25.5 Å². The van der Waals surface area contributed by atoms with Crippen molar-refractivity contribution in [1.82, 2.24) is 34.5 Å². The van der Waals surface area contributed by atoms with E-state index in [4.69, 9.17) is 9.97 Å². The van der Waals surface area contributed by atoms with Gasteiger partial charge in [0.2, 0.25) is 17.8 Å². The fourth-order valence-corrected chi connectivity index (χ4v) is 9.36. The summed E-state index contributed by atoms with van der Waals surface area (Å²) in [6.45, 7) is 14.4. The number of aryl methyl sites for hydroxylation is 2. The Balaban J connectivity index is 0.796. The molecule has 16 heteroatoms. The van der Waals surface area contributed by atoms with E-state index in [0.29, 0.717) is 58.6 Å². The smallest absolute Gasteiger partial charge is 0.278 e. The Bertz CT molecular complexity index is 2570. The number of nitrogens with one attached hydrogen (secondary N) is 3. The van der Waals surface area contributed by atoms with Crippen LogP contribution >= 0.6 is 0 Å². The highest BCUT2D eigenvalue weighted by Crippen LogP contribution is 2.36. The number of pyridine rings is 1. The van der Waals surface area contributed by atoms with Crippen molar-refractivity contribution < 1.29 is 19.1 Å². The molecule has 61 heavy (non-hydrogen) atoms. The molecule has 0 spiro atoms. The minimum Gasteiger partial charge on any atom is -0.384 e. The van der Waals surface area contributed by atoms with Crippen molar-refractivity contribution >= 4 is 51.5 Å². The van der Waals surface area contributed by atoms with E-state index in [0.717, 1.165) is 81.9 Å². The molecular formula is C45H52FN11O4. The third-order valence-corrected chi connectivity index (χ3v) is 12.7. The Morgan fingerprint density at radius 3 is 2.43 bits per heavy atom. The zero-order valence-corrected chi connectivity index (χ0v) is 34.7. The fraction of sp³-hybridized carbons (Fsp3) is 0.422.